The Kier molecular flexibility index (Phi) is 4.81. The van der Waals surface area contributed by atoms with E-state index in [1.165, 1.54) is 0 Å². The van der Waals surface area contributed by atoms with Gasteiger partial charge in [-0.1, -0.05) is 12.1 Å². The molecule has 0 saturated carbocycles. The lowest BCUT2D eigenvalue weighted by atomic mass is 9.90. The Labute approximate surface area is 130 Å². The lowest BCUT2D eigenvalue weighted by Crippen LogP contribution is -2.38. The second kappa shape index (κ2) is 6.44. The number of carbonyl (C=O) groups is 1. The Hall–Kier alpha value is -1.95. The first kappa shape index (κ1) is 16.4. The van der Waals surface area contributed by atoms with Crippen molar-refractivity contribution in [2.45, 2.75) is 39.5 Å². The third-order valence-electron chi connectivity index (χ3n) is 3.85. The summed E-state index contributed by atoms with van der Waals surface area (Å²) in [5.41, 5.74) is 0.711. The monoisotopic (exact) mass is 306 g/mol. The summed E-state index contributed by atoms with van der Waals surface area (Å²) in [6, 6.07) is 6.72. The molecule has 6 nitrogen and oxygen atoms in total. The molecule has 0 atom stereocenters. The summed E-state index contributed by atoms with van der Waals surface area (Å²) in [5.74, 6) is 0.131. The highest BCUT2D eigenvalue weighted by Gasteiger charge is 2.28. The van der Waals surface area contributed by atoms with Crippen molar-refractivity contribution in [3.63, 3.8) is 0 Å². The largest absolute Gasteiger partial charge is 0.367 e. The van der Waals surface area contributed by atoms with E-state index in [0.29, 0.717) is 19.0 Å². The maximum atomic E-state index is 11.9. The molecule has 0 spiro atoms. The molecule has 1 aromatic rings. The van der Waals surface area contributed by atoms with Crippen LogP contribution in [0.25, 0.3) is 0 Å². The van der Waals surface area contributed by atoms with E-state index < -0.39 is 10.3 Å². The van der Waals surface area contributed by atoms with Gasteiger partial charge in [0.1, 0.15) is 0 Å². The first-order valence-corrected chi connectivity index (χ1v) is 7.49. The van der Waals surface area contributed by atoms with E-state index in [9.17, 15) is 14.9 Å². The van der Waals surface area contributed by atoms with E-state index in [1.807, 2.05) is 32.9 Å². The molecular formula is C16H22N2O4. The quantitative estimate of drug-likeness (QED) is 0.633. The fourth-order valence-corrected chi connectivity index (χ4v) is 2.40. The molecule has 0 radical (unpaired) electrons. The summed E-state index contributed by atoms with van der Waals surface area (Å²) >= 11 is 0. The average molecular weight is 306 g/mol. The maximum Gasteiger partial charge on any atom is 0.330 e. The number of rotatable bonds is 3. The fourth-order valence-electron chi connectivity index (χ4n) is 2.40. The predicted molar refractivity (Wildman–Crippen MR) is 82.2 cm³/mol. The van der Waals surface area contributed by atoms with Crippen molar-refractivity contribution in [1.82, 2.24) is 5.06 Å². The first-order chi connectivity index (χ1) is 10.3. The highest BCUT2D eigenvalue weighted by Crippen LogP contribution is 2.29. The summed E-state index contributed by atoms with van der Waals surface area (Å²) < 4.78 is 0. The summed E-state index contributed by atoms with van der Waals surface area (Å²) in [7, 11) is 0. The molecule has 22 heavy (non-hydrogen) atoms. The summed E-state index contributed by atoms with van der Waals surface area (Å²) in [4.78, 5) is 27.5. The van der Waals surface area contributed by atoms with Crippen LogP contribution in [0.15, 0.2) is 24.3 Å². The van der Waals surface area contributed by atoms with Gasteiger partial charge in [0.05, 0.1) is 10.3 Å². The van der Waals surface area contributed by atoms with Gasteiger partial charge in [0.2, 0.25) is 0 Å². The fraction of sp³-hybridized carbons (Fsp3) is 0.562. The van der Waals surface area contributed by atoms with Crippen LogP contribution in [0.3, 0.4) is 0 Å². The smallest absolute Gasteiger partial charge is 0.330 e. The zero-order valence-corrected chi connectivity index (χ0v) is 13.2. The van der Waals surface area contributed by atoms with Crippen LogP contribution in [0.2, 0.25) is 0 Å². The molecule has 2 rings (SSSR count). The predicted octanol–water partition coefficient (Wildman–Crippen LogP) is 3.28. The van der Waals surface area contributed by atoms with Crippen LogP contribution >= 0.6 is 0 Å². The second-order valence-corrected chi connectivity index (χ2v) is 6.68. The minimum atomic E-state index is -0.505. The van der Waals surface area contributed by atoms with E-state index in [0.717, 1.165) is 18.4 Å². The van der Waals surface area contributed by atoms with Crippen LogP contribution in [0.4, 0.5) is 5.69 Å². The van der Waals surface area contributed by atoms with Crippen molar-refractivity contribution in [3.8, 4) is 0 Å². The Balaban J connectivity index is 1.89. The number of hydrogen-bond acceptors (Lipinski definition) is 5. The van der Waals surface area contributed by atoms with Crippen molar-refractivity contribution in [2.75, 3.05) is 13.1 Å². The lowest BCUT2D eigenvalue weighted by molar-refractivity contribution is -0.384. The number of carbonyl (C=O) groups excluding carboxylic acids is 1. The van der Waals surface area contributed by atoms with Crippen molar-refractivity contribution in [2.24, 2.45) is 5.41 Å². The lowest BCUT2D eigenvalue weighted by Gasteiger charge is -2.32. The SMILES string of the molecule is CC(C)(C)C(=O)ON1CCC(c2ccc([N+](=O)[O-])cc2)CC1. The zero-order valence-electron chi connectivity index (χ0n) is 13.2. The van der Waals surface area contributed by atoms with Gasteiger partial charge in [-0.25, -0.2) is 4.79 Å². The first-order valence-electron chi connectivity index (χ1n) is 7.49. The molecule has 0 aliphatic carbocycles. The number of nitro benzene ring substituents is 1. The molecule has 0 bridgehead atoms. The van der Waals surface area contributed by atoms with E-state index >= 15 is 0 Å². The van der Waals surface area contributed by atoms with Gasteiger partial charge in [-0.3, -0.25) is 10.1 Å². The number of hydroxylamine groups is 2. The summed E-state index contributed by atoms with van der Waals surface area (Å²) in [5, 5.41) is 12.4. The molecule has 1 aliphatic heterocycles. The van der Waals surface area contributed by atoms with Crippen molar-refractivity contribution in [1.29, 1.82) is 0 Å². The van der Waals surface area contributed by atoms with Crippen LogP contribution in [0.5, 0.6) is 0 Å². The normalized spacial score (nSPS) is 17.2. The summed E-state index contributed by atoms with van der Waals surface area (Å²) in [6.45, 7) is 6.86. The molecule has 1 heterocycles. The van der Waals surface area contributed by atoms with E-state index in [-0.39, 0.29) is 11.7 Å². The number of nitro groups is 1. The Morgan fingerprint density at radius 1 is 1.23 bits per heavy atom. The van der Waals surface area contributed by atoms with Gasteiger partial charge in [-0.15, -0.1) is 5.06 Å². The number of hydrogen-bond donors (Lipinski definition) is 0. The van der Waals surface area contributed by atoms with Gasteiger partial charge in [-0.05, 0) is 45.1 Å². The van der Waals surface area contributed by atoms with Crippen molar-refractivity contribution < 1.29 is 14.6 Å². The highest BCUT2D eigenvalue weighted by molar-refractivity contribution is 5.75. The molecule has 1 fully saturated rings. The summed E-state index contributed by atoms with van der Waals surface area (Å²) in [6.07, 6.45) is 1.74. The Bertz CT molecular complexity index is 540. The molecule has 120 valence electrons. The van der Waals surface area contributed by atoms with Gasteiger partial charge >= 0.3 is 5.97 Å². The molecule has 1 aliphatic rings. The van der Waals surface area contributed by atoms with E-state index in [2.05, 4.69) is 0 Å². The minimum Gasteiger partial charge on any atom is -0.367 e. The number of non-ortho nitro benzene ring substituents is 1. The van der Waals surface area contributed by atoms with Gasteiger partial charge < -0.3 is 4.84 Å². The third-order valence-corrected chi connectivity index (χ3v) is 3.85. The molecule has 6 heteroatoms. The van der Waals surface area contributed by atoms with Gasteiger partial charge in [0, 0.05) is 25.2 Å². The highest BCUT2D eigenvalue weighted by atomic mass is 16.7. The van der Waals surface area contributed by atoms with Crippen LogP contribution in [-0.2, 0) is 9.63 Å². The molecule has 0 N–H and O–H groups in total. The molecular weight excluding hydrogens is 284 g/mol. The van der Waals surface area contributed by atoms with Crippen molar-refractivity contribution in [3.05, 3.63) is 39.9 Å². The molecule has 0 aromatic heterocycles. The van der Waals surface area contributed by atoms with Gasteiger partial charge in [0.15, 0.2) is 0 Å². The molecule has 1 aromatic carbocycles. The number of nitrogens with zero attached hydrogens (tertiary/aromatic N) is 2. The standard InChI is InChI=1S/C16H22N2O4/c1-16(2,3)15(19)22-17-10-8-13(9-11-17)12-4-6-14(7-5-12)18(20)21/h4-7,13H,8-11H2,1-3H3. The third kappa shape index (κ3) is 4.04. The van der Waals surface area contributed by atoms with Crippen LogP contribution < -0.4 is 0 Å². The van der Waals surface area contributed by atoms with Crippen molar-refractivity contribution >= 4 is 11.7 Å². The maximum absolute atomic E-state index is 11.9. The number of piperidine rings is 1. The van der Waals surface area contributed by atoms with E-state index in [4.69, 9.17) is 4.84 Å². The topological polar surface area (TPSA) is 72.7 Å². The van der Waals surface area contributed by atoms with Crippen LogP contribution in [0, 0.1) is 15.5 Å². The average Bonchev–Trinajstić information content (AvgIpc) is 2.47. The zero-order chi connectivity index (χ0) is 16.3. The Morgan fingerprint density at radius 2 is 1.77 bits per heavy atom. The Morgan fingerprint density at radius 3 is 2.23 bits per heavy atom. The molecule has 0 unspecified atom stereocenters. The molecule has 0 amide bonds. The second-order valence-electron chi connectivity index (χ2n) is 6.68. The number of benzene rings is 1. The molecule has 1 saturated heterocycles. The van der Waals surface area contributed by atoms with Gasteiger partial charge in [0.25, 0.3) is 5.69 Å². The van der Waals surface area contributed by atoms with E-state index in [1.54, 1.807) is 17.2 Å². The van der Waals surface area contributed by atoms with Gasteiger partial charge in [-0.2, -0.15) is 0 Å². The van der Waals surface area contributed by atoms with Crippen LogP contribution in [-0.4, -0.2) is 29.0 Å². The minimum absolute atomic E-state index is 0.111. The van der Waals surface area contributed by atoms with Crippen LogP contribution in [0.1, 0.15) is 45.1 Å².